The summed E-state index contributed by atoms with van der Waals surface area (Å²) >= 11 is 1.67. The van der Waals surface area contributed by atoms with Gasteiger partial charge < -0.3 is 10.2 Å². The van der Waals surface area contributed by atoms with Crippen molar-refractivity contribution in [2.75, 3.05) is 39.3 Å². The first-order valence-corrected chi connectivity index (χ1v) is 7.96. The number of nitrogens with one attached hydrogen (secondary N) is 1. The third-order valence-electron chi connectivity index (χ3n) is 4.12. The van der Waals surface area contributed by atoms with Crippen molar-refractivity contribution in [2.24, 2.45) is 0 Å². The molecule has 1 N–H and O–H groups in total. The average Bonchev–Trinajstić information content (AvgIpc) is 3.12. The van der Waals surface area contributed by atoms with Crippen LogP contribution in [0.5, 0.6) is 0 Å². The fourth-order valence-electron chi connectivity index (χ4n) is 2.96. The Morgan fingerprint density at radius 1 is 1.35 bits per heavy atom. The fourth-order valence-corrected chi connectivity index (χ4v) is 3.66. The van der Waals surface area contributed by atoms with Gasteiger partial charge in [0.1, 0.15) is 0 Å². The van der Waals surface area contributed by atoms with E-state index in [1.165, 1.54) is 11.3 Å². The molecule has 1 aromatic heterocycles. The summed E-state index contributed by atoms with van der Waals surface area (Å²) < 4.78 is 0. The Balaban J connectivity index is 0.00000147. The number of hydrogen-bond acceptors (Lipinski definition) is 4. The monoisotopic (exact) mass is 315 g/mol. The average molecular weight is 316 g/mol. The maximum atomic E-state index is 12.2. The molecule has 1 amide bonds. The number of amides is 1. The SMILES string of the molecule is Cl.O=C(Cc1cccs1)N1CCN(C2CCNC2)CC1. The smallest absolute Gasteiger partial charge is 0.227 e. The van der Waals surface area contributed by atoms with Gasteiger partial charge in [-0.05, 0) is 24.4 Å². The third-order valence-corrected chi connectivity index (χ3v) is 5.00. The number of carbonyl (C=O) groups excluding carboxylic acids is 1. The Morgan fingerprint density at radius 2 is 2.15 bits per heavy atom. The molecule has 0 bridgehead atoms. The normalized spacial score (nSPS) is 23.6. The highest BCUT2D eigenvalue weighted by molar-refractivity contribution is 7.10. The lowest BCUT2D eigenvalue weighted by Crippen LogP contribution is -2.52. The zero-order valence-electron chi connectivity index (χ0n) is 11.6. The maximum Gasteiger partial charge on any atom is 0.227 e. The van der Waals surface area contributed by atoms with Crippen molar-refractivity contribution in [3.8, 4) is 0 Å². The molecule has 3 rings (SSSR count). The van der Waals surface area contributed by atoms with Gasteiger partial charge >= 0.3 is 0 Å². The van der Waals surface area contributed by atoms with Crippen molar-refractivity contribution >= 4 is 29.7 Å². The van der Waals surface area contributed by atoms with Crippen LogP contribution >= 0.6 is 23.7 Å². The van der Waals surface area contributed by atoms with Crippen LogP contribution in [0.1, 0.15) is 11.3 Å². The van der Waals surface area contributed by atoms with Gasteiger partial charge in [0, 0.05) is 43.6 Å². The van der Waals surface area contributed by atoms with Crippen molar-refractivity contribution in [2.45, 2.75) is 18.9 Å². The molecule has 0 aromatic carbocycles. The number of piperazine rings is 1. The van der Waals surface area contributed by atoms with Crippen LogP contribution < -0.4 is 5.32 Å². The van der Waals surface area contributed by atoms with Gasteiger partial charge in [-0.15, -0.1) is 23.7 Å². The molecule has 2 aliphatic heterocycles. The first-order chi connectivity index (χ1) is 9.33. The van der Waals surface area contributed by atoms with Gasteiger partial charge in [-0.25, -0.2) is 0 Å². The Hall–Kier alpha value is -0.620. The van der Waals surface area contributed by atoms with Crippen molar-refractivity contribution in [3.63, 3.8) is 0 Å². The molecule has 20 heavy (non-hydrogen) atoms. The molecule has 0 radical (unpaired) electrons. The number of nitrogens with zero attached hydrogens (tertiary/aromatic N) is 2. The van der Waals surface area contributed by atoms with Crippen LogP contribution in [-0.2, 0) is 11.2 Å². The van der Waals surface area contributed by atoms with E-state index in [-0.39, 0.29) is 18.3 Å². The molecule has 1 unspecified atom stereocenters. The van der Waals surface area contributed by atoms with E-state index >= 15 is 0 Å². The second-order valence-corrected chi connectivity index (χ2v) is 6.35. The summed E-state index contributed by atoms with van der Waals surface area (Å²) in [6, 6.07) is 4.75. The quantitative estimate of drug-likeness (QED) is 0.911. The van der Waals surface area contributed by atoms with Crippen LogP contribution in [-0.4, -0.2) is 61.0 Å². The number of rotatable bonds is 3. The molecule has 6 heteroatoms. The standard InChI is InChI=1S/C14H21N3OS.ClH/c18-14(10-13-2-1-9-19-13)17-7-5-16(6-8-17)12-3-4-15-11-12;/h1-2,9,12,15H,3-8,10-11H2;1H. The molecule has 3 heterocycles. The minimum Gasteiger partial charge on any atom is -0.340 e. The van der Waals surface area contributed by atoms with Gasteiger partial charge in [0.25, 0.3) is 0 Å². The van der Waals surface area contributed by atoms with E-state index in [9.17, 15) is 4.79 Å². The summed E-state index contributed by atoms with van der Waals surface area (Å²) in [6.07, 6.45) is 1.83. The zero-order valence-corrected chi connectivity index (χ0v) is 13.2. The number of hydrogen-bond donors (Lipinski definition) is 1. The van der Waals surface area contributed by atoms with E-state index in [0.29, 0.717) is 12.5 Å². The lowest BCUT2D eigenvalue weighted by atomic mass is 10.2. The van der Waals surface area contributed by atoms with Gasteiger partial charge in [-0.3, -0.25) is 9.69 Å². The highest BCUT2D eigenvalue weighted by Gasteiger charge is 2.27. The fraction of sp³-hybridized carbons (Fsp3) is 0.643. The third kappa shape index (κ3) is 3.73. The molecule has 0 aliphatic carbocycles. The molecular weight excluding hydrogens is 294 g/mol. The summed E-state index contributed by atoms with van der Waals surface area (Å²) in [5.74, 6) is 0.284. The summed E-state index contributed by atoms with van der Waals surface area (Å²) in [6.45, 7) is 6.10. The van der Waals surface area contributed by atoms with Crippen molar-refractivity contribution in [1.82, 2.24) is 15.1 Å². The molecule has 1 atom stereocenters. The topological polar surface area (TPSA) is 35.6 Å². The van der Waals surface area contributed by atoms with Gasteiger partial charge in [-0.1, -0.05) is 6.07 Å². The molecular formula is C14H22ClN3OS. The second kappa shape index (κ2) is 7.41. The number of carbonyl (C=O) groups is 1. The van der Waals surface area contributed by atoms with E-state index in [1.807, 2.05) is 22.4 Å². The van der Waals surface area contributed by atoms with Gasteiger partial charge in [0.15, 0.2) is 0 Å². The Bertz CT molecular complexity index is 412. The van der Waals surface area contributed by atoms with Gasteiger partial charge in [-0.2, -0.15) is 0 Å². The highest BCUT2D eigenvalue weighted by atomic mass is 35.5. The first kappa shape index (κ1) is 15.8. The predicted molar refractivity (Wildman–Crippen MR) is 84.7 cm³/mol. The van der Waals surface area contributed by atoms with E-state index in [2.05, 4.69) is 10.2 Å². The van der Waals surface area contributed by atoms with Gasteiger partial charge in [0.05, 0.1) is 6.42 Å². The van der Waals surface area contributed by atoms with Gasteiger partial charge in [0.2, 0.25) is 5.91 Å². The molecule has 2 fully saturated rings. The van der Waals surface area contributed by atoms with E-state index < -0.39 is 0 Å². The lowest BCUT2D eigenvalue weighted by molar-refractivity contribution is -0.132. The summed E-state index contributed by atoms with van der Waals surface area (Å²) in [5.41, 5.74) is 0. The van der Waals surface area contributed by atoms with Crippen LogP contribution in [0.15, 0.2) is 17.5 Å². The Labute approximate surface area is 130 Å². The highest BCUT2D eigenvalue weighted by Crippen LogP contribution is 2.14. The predicted octanol–water partition coefficient (Wildman–Crippen LogP) is 1.22. The van der Waals surface area contributed by atoms with Crippen molar-refractivity contribution in [1.29, 1.82) is 0 Å². The number of thiophene rings is 1. The van der Waals surface area contributed by atoms with E-state index in [4.69, 9.17) is 0 Å². The van der Waals surface area contributed by atoms with Crippen LogP contribution in [0.4, 0.5) is 0 Å². The Kier molecular flexibility index (Phi) is 5.84. The van der Waals surface area contributed by atoms with Crippen molar-refractivity contribution < 1.29 is 4.79 Å². The minimum absolute atomic E-state index is 0. The van der Waals surface area contributed by atoms with Crippen LogP contribution in [0.3, 0.4) is 0 Å². The van der Waals surface area contributed by atoms with E-state index in [1.54, 1.807) is 11.3 Å². The molecule has 2 aliphatic rings. The lowest BCUT2D eigenvalue weighted by Gasteiger charge is -2.37. The first-order valence-electron chi connectivity index (χ1n) is 7.08. The summed E-state index contributed by atoms with van der Waals surface area (Å²) in [5, 5.41) is 5.45. The molecule has 2 saturated heterocycles. The molecule has 1 aromatic rings. The van der Waals surface area contributed by atoms with Crippen molar-refractivity contribution in [3.05, 3.63) is 22.4 Å². The Morgan fingerprint density at radius 3 is 2.75 bits per heavy atom. The summed E-state index contributed by atoms with van der Waals surface area (Å²) in [7, 11) is 0. The largest absolute Gasteiger partial charge is 0.340 e. The maximum absolute atomic E-state index is 12.2. The van der Waals surface area contributed by atoms with Crippen LogP contribution in [0.25, 0.3) is 0 Å². The molecule has 112 valence electrons. The number of halogens is 1. The molecule has 4 nitrogen and oxygen atoms in total. The van der Waals surface area contributed by atoms with Crippen LogP contribution in [0.2, 0.25) is 0 Å². The molecule has 0 saturated carbocycles. The second-order valence-electron chi connectivity index (χ2n) is 5.32. The van der Waals surface area contributed by atoms with Crippen LogP contribution in [0, 0.1) is 0 Å². The van der Waals surface area contributed by atoms with E-state index in [0.717, 1.165) is 39.3 Å². The minimum atomic E-state index is 0. The summed E-state index contributed by atoms with van der Waals surface area (Å²) in [4.78, 5) is 17.9. The molecule has 0 spiro atoms. The zero-order chi connectivity index (χ0) is 13.1.